The lowest BCUT2D eigenvalue weighted by Gasteiger charge is -1.97. The van der Waals surface area contributed by atoms with E-state index in [2.05, 4.69) is 5.16 Å². The Kier molecular flexibility index (Phi) is 2.36. The van der Waals surface area contributed by atoms with Gasteiger partial charge in [0.1, 0.15) is 5.69 Å². The number of anilines is 1. The van der Waals surface area contributed by atoms with Crippen LogP contribution in [0, 0.1) is 6.92 Å². The third kappa shape index (κ3) is 1.63. The largest absolute Gasteiger partial charge is 0.476 e. The van der Waals surface area contributed by atoms with Crippen LogP contribution in [0.5, 0.6) is 0 Å². The van der Waals surface area contributed by atoms with E-state index in [1.807, 2.05) is 19.1 Å². The van der Waals surface area contributed by atoms with E-state index >= 15 is 0 Å². The predicted molar refractivity (Wildman–Crippen MR) is 58.0 cm³/mol. The Hall–Kier alpha value is -2.30. The molecule has 0 aliphatic rings. The van der Waals surface area contributed by atoms with Gasteiger partial charge in [-0.25, -0.2) is 4.79 Å². The quantitative estimate of drug-likeness (QED) is 0.803. The number of rotatable bonds is 2. The van der Waals surface area contributed by atoms with Crippen molar-refractivity contribution in [3.63, 3.8) is 0 Å². The number of nitrogen functional groups attached to an aromatic ring is 1. The summed E-state index contributed by atoms with van der Waals surface area (Å²) in [6.07, 6.45) is 0. The molecule has 0 radical (unpaired) electrons. The highest BCUT2D eigenvalue weighted by molar-refractivity contribution is 5.94. The van der Waals surface area contributed by atoms with Gasteiger partial charge >= 0.3 is 5.97 Å². The van der Waals surface area contributed by atoms with Crippen molar-refractivity contribution >= 4 is 11.7 Å². The number of aromatic nitrogens is 1. The zero-order valence-corrected chi connectivity index (χ0v) is 8.60. The van der Waals surface area contributed by atoms with E-state index in [9.17, 15) is 4.79 Å². The summed E-state index contributed by atoms with van der Waals surface area (Å²) in [7, 11) is 0. The first-order chi connectivity index (χ1) is 7.59. The highest BCUT2D eigenvalue weighted by Gasteiger charge is 2.19. The Labute approximate surface area is 91.5 Å². The SMILES string of the molecule is Cc1ccc(-c2onc(C(=O)O)c2N)cc1. The molecule has 5 heteroatoms. The van der Waals surface area contributed by atoms with Gasteiger partial charge in [0, 0.05) is 5.56 Å². The molecule has 0 saturated carbocycles. The molecule has 1 aromatic heterocycles. The second-order valence-corrected chi connectivity index (χ2v) is 3.45. The Morgan fingerprint density at radius 3 is 2.50 bits per heavy atom. The molecule has 0 aliphatic heterocycles. The van der Waals surface area contributed by atoms with Crippen LogP contribution in [-0.2, 0) is 0 Å². The van der Waals surface area contributed by atoms with Gasteiger partial charge in [-0.1, -0.05) is 35.0 Å². The van der Waals surface area contributed by atoms with Crippen LogP contribution in [0.25, 0.3) is 11.3 Å². The van der Waals surface area contributed by atoms with E-state index in [4.69, 9.17) is 15.4 Å². The minimum Gasteiger partial charge on any atom is -0.476 e. The van der Waals surface area contributed by atoms with Crippen LogP contribution in [-0.4, -0.2) is 16.2 Å². The van der Waals surface area contributed by atoms with E-state index in [1.54, 1.807) is 12.1 Å². The Morgan fingerprint density at radius 2 is 2.00 bits per heavy atom. The standard InChI is InChI=1S/C11H10N2O3/c1-6-2-4-7(5-3-6)10-8(12)9(11(14)15)13-16-10/h2-5H,12H2,1H3,(H,14,15). The first-order valence-corrected chi connectivity index (χ1v) is 4.65. The summed E-state index contributed by atoms with van der Waals surface area (Å²) >= 11 is 0. The lowest BCUT2D eigenvalue weighted by Crippen LogP contribution is -2.01. The highest BCUT2D eigenvalue weighted by atomic mass is 16.5. The van der Waals surface area contributed by atoms with E-state index < -0.39 is 5.97 Å². The third-order valence-electron chi connectivity index (χ3n) is 2.24. The second-order valence-electron chi connectivity index (χ2n) is 3.45. The zero-order valence-electron chi connectivity index (χ0n) is 8.60. The maximum Gasteiger partial charge on any atom is 0.360 e. The minimum atomic E-state index is -1.19. The summed E-state index contributed by atoms with van der Waals surface area (Å²) in [5, 5.41) is 12.2. The number of carboxylic acid groups (broad SMARTS) is 1. The molecular weight excluding hydrogens is 208 g/mol. The molecule has 0 aliphatic carbocycles. The maximum absolute atomic E-state index is 10.7. The number of aryl methyl sites for hydroxylation is 1. The Bertz CT molecular complexity index is 529. The number of aromatic carboxylic acids is 1. The third-order valence-corrected chi connectivity index (χ3v) is 2.24. The summed E-state index contributed by atoms with van der Waals surface area (Å²) in [5.41, 5.74) is 7.24. The molecule has 1 aromatic carbocycles. The van der Waals surface area contributed by atoms with Crippen LogP contribution in [0.4, 0.5) is 5.69 Å². The predicted octanol–water partition coefficient (Wildman–Crippen LogP) is 1.93. The van der Waals surface area contributed by atoms with Gasteiger partial charge in [-0.05, 0) is 6.92 Å². The van der Waals surface area contributed by atoms with Crippen molar-refractivity contribution in [2.45, 2.75) is 6.92 Å². The van der Waals surface area contributed by atoms with Crippen molar-refractivity contribution in [3.05, 3.63) is 35.5 Å². The highest BCUT2D eigenvalue weighted by Crippen LogP contribution is 2.28. The smallest absolute Gasteiger partial charge is 0.360 e. The molecule has 1 heterocycles. The first kappa shape index (κ1) is 10.2. The van der Waals surface area contributed by atoms with Gasteiger partial charge in [0.25, 0.3) is 0 Å². The molecular formula is C11H10N2O3. The van der Waals surface area contributed by atoms with Crippen LogP contribution in [0.3, 0.4) is 0 Å². The molecule has 3 N–H and O–H groups in total. The maximum atomic E-state index is 10.7. The number of hydrogen-bond donors (Lipinski definition) is 2. The lowest BCUT2D eigenvalue weighted by molar-refractivity contribution is 0.0687. The lowest BCUT2D eigenvalue weighted by atomic mass is 10.1. The Balaban J connectivity index is 2.49. The normalized spacial score (nSPS) is 10.3. The van der Waals surface area contributed by atoms with Crippen molar-refractivity contribution in [1.82, 2.24) is 5.16 Å². The molecule has 0 bridgehead atoms. The van der Waals surface area contributed by atoms with Crippen LogP contribution in [0.2, 0.25) is 0 Å². The topological polar surface area (TPSA) is 89.3 Å². The van der Waals surface area contributed by atoms with Crippen LogP contribution >= 0.6 is 0 Å². The van der Waals surface area contributed by atoms with E-state index in [0.29, 0.717) is 5.56 Å². The monoisotopic (exact) mass is 218 g/mol. The van der Waals surface area contributed by atoms with Crippen molar-refractivity contribution in [2.75, 3.05) is 5.73 Å². The molecule has 2 rings (SSSR count). The Morgan fingerprint density at radius 1 is 1.38 bits per heavy atom. The average Bonchev–Trinajstić information content (AvgIpc) is 2.61. The van der Waals surface area contributed by atoms with Gasteiger partial charge in [-0.3, -0.25) is 0 Å². The first-order valence-electron chi connectivity index (χ1n) is 4.65. The summed E-state index contributed by atoms with van der Waals surface area (Å²) < 4.78 is 4.93. The van der Waals surface area contributed by atoms with Crippen LogP contribution < -0.4 is 5.73 Å². The van der Waals surface area contributed by atoms with Crippen molar-refractivity contribution in [3.8, 4) is 11.3 Å². The summed E-state index contributed by atoms with van der Waals surface area (Å²) in [6.45, 7) is 1.95. The molecule has 2 aromatic rings. The van der Waals surface area contributed by atoms with Gasteiger partial charge in [0.2, 0.25) is 5.69 Å². The molecule has 82 valence electrons. The summed E-state index contributed by atoms with van der Waals surface area (Å²) in [5.74, 6) is -0.906. The fraction of sp³-hybridized carbons (Fsp3) is 0.0909. The number of nitrogens with two attached hydrogens (primary N) is 1. The van der Waals surface area contributed by atoms with Crippen molar-refractivity contribution < 1.29 is 14.4 Å². The number of carboxylic acids is 1. The minimum absolute atomic E-state index is 0.0522. The van der Waals surface area contributed by atoms with Gasteiger partial charge in [-0.2, -0.15) is 0 Å². The summed E-state index contributed by atoms with van der Waals surface area (Å²) in [4.78, 5) is 10.7. The molecule has 5 nitrogen and oxygen atoms in total. The molecule has 0 spiro atoms. The van der Waals surface area contributed by atoms with Gasteiger partial charge in [0.15, 0.2) is 5.76 Å². The second kappa shape index (κ2) is 3.69. The summed E-state index contributed by atoms with van der Waals surface area (Å²) in [6, 6.07) is 7.38. The van der Waals surface area contributed by atoms with Gasteiger partial charge in [-0.15, -0.1) is 0 Å². The molecule has 0 fully saturated rings. The molecule has 0 atom stereocenters. The van der Waals surface area contributed by atoms with Crippen LogP contribution in [0.15, 0.2) is 28.8 Å². The molecule has 0 amide bonds. The number of carbonyl (C=O) groups is 1. The van der Waals surface area contributed by atoms with Crippen molar-refractivity contribution in [1.29, 1.82) is 0 Å². The number of nitrogens with zero attached hydrogens (tertiary/aromatic N) is 1. The van der Waals surface area contributed by atoms with E-state index in [-0.39, 0.29) is 17.1 Å². The van der Waals surface area contributed by atoms with E-state index in [0.717, 1.165) is 5.56 Å². The number of hydrogen-bond acceptors (Lipinski definition) is 4. The molecule has 0 unspecified atom stereocenters. The number of benzene rings is 1. The average molecular weight is 218 g/mol. The van der Waals surface area contributed by atoms with Gasteiger partial charge in [0.05, 0.1) is 0 Å². The molecule has 16 heavy (non-hydrogen) atoms. The molecule has 0 saturated heterocycles. The van der Waals surface area contributed by atoms with E-state index in [1.165, 1.54) is 0 Å². The van der Waals surface area contributed by atoms with Gasteiger partial charge < -0.3 is 15.4 Å². The van der Waals surface area contributed by atoms with Crippen molar-refractivity contribution in [2.24, 2.45) is 0 Å². The zero-order chi connectivity index (χ0) is 11.7. The fourth-order valence-corrected chi connectivity index (χ4v) is 1.36. The van der Waals surface area contributed by atoms with Crippen LogP contribution in [0.1, 0.15) is 16.1 Å². The fourth-order valence-electron chi connectivity index (χ4n) is 1.36.